The zero-order valence-corrected chi connectivity index (χ0v) is 10.6. The van der Waals surface area contributed by atoms with Gasteiger partial charge in [0, 0.05) is 12.2 Å². The molecule has 0 aliphatic carbocycles. The van der Waals surface area contributed by atoms with Gasteiger partial charge in [-0.3, -0.25) is 5.43 Å². The second-order valence-corrected chi connectivity index (χ2v) is 3.84. The third kappa shape index (κ3) is 4.65. The zero-order valence-electron chi connectivity index (χ0n) is 9.73. The van der Waals surface area contributed by atoms with Gasteiger partial charge in [0.05, 0.1) is 5.71 Å². The summed E-state index contributed by atoms with van der Waals surface area (Å²) in [5, 5.41) is 7.56. The monoisotopic (exact) mass is 248 g/mol. The summed E-state index contributed by atoms with van der Waals surface area (Å²) in [6, 6.07) is 7.50. The molecule has 0 saturated carbocycles. The van der Waals surface area contributed by atoms with Gasteiger partial charge in [-0.1, -0.05) is 18.2 Å². The van der Waals surface area contributed by atoms with Gasteiger partial charge < -0.3 is 11.1 Å². The molecule has 5 heteroatoms. The number of nitrogens with two attached hydrogens (primary N) is 1. The summed E-state index contributed by atoms with van der Waals surface area (Å²) in [7, 11) is 0. The van der Waals surface area contributed by atoms with Gasteiger partial charge in [0.25, 0.3) is 0 Å². The predicted molar refractivity (Wildman–Crippen MR) is 77.0 cm³/mol. The number of thiocarbonyl (C=S) groups is 1. The Morgan fingerprint density at radius 3 is 2.71 bits per heavy atom. The van der Waals surface area contributed by atoms with E-state index < -0.39 is 0 Å². The first-order valence-electron chi connectivity index (χ1n) is 5.18. The van der Waals surface area contributed by atoms with E-state index in [1.165, 1.54) is 0 Å². The fourth-order valence-electron chi connectivity index (χ4n) is 1.13. The molecule has 0 aromatic heterocycles. The van der Waals surface area contributed by atoms with Crippen LogP contribution in [0.3, 0.4) is 0 Å². The molecule has 0 saturated heterocycles. The number of nitrogen functional groups attached to an aromatic ring is 1. The molecule has 17 heavy (non-hydrogen) atoms. The van der Waals surface area contributed by atoms with E-state index in [4.69, 9.17) is 18.0 Å². The Balaban J connectivity index is 2.57. The minimum Gasteiger partial charge on any atom is -0.399 e. The van der Waals surface area contributed by atoms with Crippen molar-refractivity contribution < 1.29 is 0 Å². The van der Waals surface area contributed by atoms with Crippen LogP contribution in [-0.2, 0) is 0 Å². The Labute approximate surface area is 107 Å². The number of benzene rings is 1. The molecule has 0 spiro atoms. The molecule has 0 atom stereocenters. The fourth-order valence-corrected chi connectivity index (χ4v) is 1.26. The summed E-state index contributed by atoms with van der Waals surface area (Å²) in [5.74, 6) is 0. The van der Waals surface area contributed by atoms with E-state index in [0.717, 1.165) is 17.0 Å². The van der Waals surface area contributed by atoms with Crippen LogP contribution in [0.5, 0.6) is 0 Å². The second kappa shape index (κ2) is 6.65. The number of hydrogen-bond donors (Lipinski definition) is 3. The third-order valence-corrected chi connectivity index (χ3v) is 2.30. The predicted octanol–water partition coefficient (Wildman–Crippen LogP) is 1.64. The highest BCUT2D eigenvalue weighted by atomic mass is 32.1. The van der Waals surface area contributed by atoms with Gasteiger partial charge in [-0.15, -0.1) is 6.58 Å². The maximum absolute atomic E-state index is 5.61. The molecular formula is C12H16N4S. The molecule has 4 nitrogen and oxygen atoms in total. The van der Waals surface area contributed by atoms with Crippen LogP contribution in [0, 0.1) is 0 Å². The molecule has 0 fully saturated rings. The largest absolute Gasteiger partial charge is 0.399 e. The Kier molecular flexibility index (Phi) is 5.16. The van der Waals surface area contributed by atoms with Crippen LogP contribution in [-0.4, -0.2) is 17.4 Å². The molecule has 0 radical (unpaired) electrons. The smallest absolute Gasteiger partial charge is 0.187 e. The molecule has 4 N–H and O–H groups in total. The van der Waals surface area contributed by atoms with Crippen LogP contribution in [0.25, 0.3) is 0 Å². The molecular weight excluding hydrogens is 232 g/mol. The third-order valence-electron chi connectivity index (χ3n) is 2.06. The summed E-state index contributed by atoms with van der Waals surface area (Å²) in [5.41, 5.74) is 10.9. The van der Waals surface area contributed by atoms with Crippen molar-refractivity contribution in [2.45, 2.75) is 6.92 Å². The Hall–Kier alpha value is -1.88. The number of hydrogen-bond acceptors (Lipinski definition) is 3. The number of rotatable bonds is 4. The lowest BCUT2D eigenvalue weighted by Gasteiger charge is -2.06. The van der Waals surface area contributed by atoms with Crippen molar-refractivity contribution in [3.8, 4) is 0 Å². The van der Waals surface area contributed by atoms with Crippen molar-refractivity contribution in [1.82, 2.24) is 10.7 Å². The van der Waals surface area contributed by atoms with Crippen molar-refractivity contribution in [3.63, 3.8) is 0 Å². The van der Waals surface area contributed by atoms with Gasteiger partial charge >= 0.3 is 0 Å². The first-order valence-corrected chi connectivity index (χ1v) is 5.59. The van der Waals surface area contributed by atoms with Crippen LogP contribution >= 0.6 is 12.2 Å². The number of hydrazone groups is 1. The summed E-state index contributed by atoms with van der Waals surface area (Å²) in [6.45, 7) is 6.10. The van der Waals surface area contributed by atoms with Crippen molar-refractivity contribution >= 4 is 28.7 Å². The Morgan fingerprint density at radius 1 is 1.47 bits per heavy atom. The maximum Gasteiger partial charge on any atom is 0.187 e. The Morgan fingerprint density at radius 2 is 2.12 bits per heavy atom. The van der Waals surface area contributed by atoms with Gasteiger partial charge in [0.15, 0.2) is 5.11 Å². The van der Waals surface area contributed by atoms with E-state index in [1.54, 1.807) is 6.08 Å². The summed E-state index contributed by atoms with van der Waals surface area (Å²) >= 11 is 5.01. The van der Waals surface area contributed by atoms with Crippen molar-refractivity contribution in [2.24, 2.45) is 5.10 Å². The molecule has 1 aromatic carbocycles. The summed E-state index contributed by atoms with van der Waals surface area (Å²) in [6.07, 6.45) is 1.73. The second-order valence-electron chi connectivity index (χ2n) is 3.43. The molecule has 0 aliphatic rings. The molecule has 0 amide bonds. The lowest BCUT2D eigenvalue weighted by molar-refractivity contribution is 0.936. The number of anilines is 1. The Bertz CT molecular complexity index is 423. The zero-order chi connectivity index (χ0) is 12.7. The standard InChI is InChI=1S/C12H16N4S/c1-3-8-14-12(17)16-15-9(2)10-4-6-11(13)7-5-10/h3-7H,1,8,13H2,2H3,(H2,14,16,17)/b15-9-. The van der Waals surface area contributed by atoms with Gasteiger partial charge in [-0.05, 0) is 36.8 Å². The molecule has 0 heterocycles. The molecule has 0 aliphatic heterocycles. The highest BCUT2D eigenvalue weighted by Crippen LogP contribution is 2.06. The highest BCUT2D eigenvalue weighted by Gasteiger charge is 1.97. The lowest BCUT2D eigenvalue weighted by Crippen LogP contribution is -2.32. The molecule has 0 bridgehead atoms. The molecule has 1 rings (SSSR count). The van der Waals surface area contributed by atoms with E-state index in [9.17, 15) is 0 Å². The lowest BCUT2D eigenvalue weighted by atomic mass is 10.1. The SMILES string of the molecule is C=CCNC(=S)N/N=C(/C)c1ccc(N)cc1. The average Bonchev–Trinajstić information content (AvgIpc) is 2.34. The first-order chi connectivity index (χ1) is 8.13. The fraction of sp³-hybridized carbons (Fsp3) is 0.167. The first kappa shape index (κ1) is 13.2. The van der Waals surface area contributed by atoms with E-state index in [-0.39, 0.29) is 0 Å². The molecule has 90 valence electrons. The quantitative estimate of drug-likeness (QED) is 0.249. The van der Waals surface area contributed by atoms with Gasteiger partial charge in [-0.25, -0.2) is 0 Å². The minimum absolute atomic E-state index is 0.472. The van der Waals surface area contributed by atoms with Crippen LogP contribution < -0.4 is 16.5 Å². The van der Waals surface area contributed by atoms with Crippen LogP contribution in [0.2, 0.25) is 0 Å². The van der Waals surface area contributed by atoms with E-state index >= 15 is 0 Å². The average molecular weight is 248 g/mol. The van der Waals surface area contributed by atoms with Crippen LogP contribution in [0.4, 0.5) is 5.69 Å². The van der Waals surface area contributed by atoms with Crippen LogP contribution in [0.1, 0.15) is 12.5 Å². The minimum atomic E-state index is 0.472. The van der Waals surface area contributed by atoms with E-state index in [1.807, 2.05) is 31.2 Å². The molecule has 0 unspecified atom stereocenters. The maximum atomic E-state index is 5.61. The summed E-state index contributed by atoms with van der Waals surface area (Å²) < 4.78 is 0. The van der Waals surface area contributed by atoms with Crippen LogP contribution in [0.15, 0.2) is 42.0 Å². The summed E-state index contributed by atoms with van der Waals surface area (Å²) in [4.78, 5) is 0. The van der Waals surface area contributed by atoms with Crippen molar-refractivity contribution in [3.05, 3.63) is 42.5 Å². The normalized spacial score (nSPS) is 10.8. The topological polar surface area (TPSA) is 62.4 Å². The van der Waals surface area contributed by atoms with Crippen molar-refractivity contribution in [2.75, 3.05) is 12.3 Å². The molecule has 1 aromatic rings. The van der Waals surface area contributed by atoms with Gasteiger partial charge in [-0.2, -0.15) is 5.10 Å². The van der Waals surface area contributed by atoms with E-state index in [0.29, 0.717) is 11.7 Å². The number of nitrogens with one attached hydrogen (secondary N) is 2. The highest BCUT2D eigenvalue weighted by molar-refractivity contribution is 7.80. The number of nitrogens with zero attached hydrogens (tertiary/aromatic N) is 1. The van der Waals surface area contributed by atoms with Gasteiger partial charge in [0.2, 0.25) is 0 Å². The van der Waals surface area contributed by atoms with E-state index in [2.05, 4.69) is 22.4 Å². The van der Waals surface area contributed by atoms with Crippen molar-refractivity contribution in [1.29, 1.82) is 0 Å². The van der Waals surface area contributed by atoms with Gasteiger partial charge in [0.1, 0.15) is 0 Å².